The van der Waals surface area contributed by atoms with Crippen molar-refractivity contribution in [1.82, 2.24) is 4.57 Å². The van der Waals surface area contributed by atoms with E-state index in [-0.39, 0.29) is 0 Å². The summed E-state index contributed by atoms with van der Waals surface area (Å²) >= 11 is 0. The van der Waals surface area contributed by atoms with Crippen molar-refractivity contribution in [2.24, 2.45) is 5.92 Å². The molecule has 0 radical (unpaired) electrons. The average molecular weight is 629 g/mol. The van der Waals surface area contributed by atoms with Gasteiger partial charge in [0.05, 0.1) is 17.1 Å². The van der Waals surface area contributed by atoms with Crippen LogP contribution in [0.1, 0.15) is 24.8 Å². The number of allylic oxidation sites excluding steroid dienone is 1. The van der Waals surface area contributed by atoms with E-state index in [1.807, 2.05) is 0 Å². The Morgan fingerprint density at radius 1 is 0.510 bits per heavy atom. The number of rotatable bonds is 4. The highest BCUT2D eigenvalue weighted by atomic mass is 15.2. The van der Waals surface area contributed by atoms with Gasteiger partial charge in [-0.1, -0.05) is 122 Å². The van der Waals surface area contributed by atoms with E-state index in [1.54, 1.807) is 0 Å². The highest BCUT2D eigenvalue weighted by molar-refractivity contribution is 6.10. The van der Waals surface area contributed by atoms with Gasteiger partial charge >= 0.3 is 0 Å². The second kappa shape index (κ2) is 11.1. The molecule has 8 aromatic rings. The Balaban J connectivity index is 1.08. The number of anilines is 2. The van der Waals surface area contributed by atoms with E-state index in [2.05, 4.69) is 186 Å². The minimum Gasteiger partial charge on any atom is -0.334 e. The van der Waals surface area contributed by atoms with E-state index in [4.69, 9.17) is 0 Å². The number of fused-ring (bicyclic) bond motifs is 7. The molecule has 2 aliphatic rings. The molecule has 2 heteroatoms. The lowest BCUT2D eigenvalue weighted by molar-refractivity contribution is 0.429. The van der Waals surface area contributed by atoms with E-state index in [0.717, 1.165) is 6.42 Å². The fourth-order valence-corrected chi connectivity index (χ4v) is 8.66. The molecular formula is C47H36N2. The number of nitrogens with zero attached hydrogens (tertiary/aromatic N) is 2. The Labute approximate surface area is 287 Å². The van der Waals surface area contributed by atoms with E-state index >= 15 is 0 Å². The summed E-state index contributed by atoms with van der Waals surface area (Å²) in [7, 11) is 0. The number of para-hydroxylation sites is 1. The summed E-state index contributed by atoms with van der Waals surface area (Å²) in [4.78, 5) is 2.57. The normalized spacial score (nSPS) is 18.3. The lowest BCUT2D eigenvalue weighted by atomic mass is 9.78. The molecule has 0 saturated carbocycles. The van der Waals surface area contributed by atoms with Gasteiger partial charge in [-0.3, -0.25) is 0 Å². The number of aromatic nitrogens is 1. The molecule has 2 nitrogen and oxygen atoms in total. The Hall–Kier alpha value is -5.86. The predicted molar refractivity (Wildman–Crippen MR) is 207 cm³/mol. The first-order chi connectivity index (χ1) is 24.2. The number of hydrogen-bond acceptors (Lipinski definition) is 1. The van der Waals surface area contributed by atoms with Crippen molar-refractivity contribution in [2.75, 3.05) is 4.90 Å². The second-order valence-electron chi connectivity index (χ2n) is 13.8. The minimum absolute atomic E-state index is 0.319. The van der Waals surface area contributed by atoms with Crippen LogP contribution in [-0.2, 0) is 0 Å². The monoisotopic (exact) mass is 628 g/mol. The highest BCUT2D eigenvalue weighted by Gasteiger charge is 2.42. The molecule has 49 heavy (non-hydrogen) atoms. The van der Waals surface area contributed by atoms with Gasteiger partial charge in [0, 0.05) is 33.8 Å². The summed E-state index contributed by atoms with van der Waals surface area (Å²) in [6.07, 6.45) is 5.96. The van der Waals surface area contributed by atoms with Crippen LogP contribution < -0.4 is 4.90 Å². The molecular weight excluding hydrogens is 593 g/mol. The standard InChI is InChI=1S/C47H36N2/c1-31-10-9-17-46-47(31)42-30-37(22-27-45(42)48(46)38-23-18-34(19-24-38)32-11-3-2-4-12-32)36-21-26-44-41(29-36)40-15-7-8-16-43(40)49(44)39-25-20-33-13-5-6-14-35(33)28-39/h2-9,11-31,46-47H,10H2,1H3. The summed E-state index contributed by atoms with van der Waals surface area (Å²) in [5.41, 5.74) is 12.8. The zero-order valence-corrected chi connectivity index (χ0v) is 27.5. The molecule has 0 saturated heterocycles. The summed E-state index contributed by atoms with van der Waals surface area (Å²) < 4.78 is 2.42. The smallest absolute Gasteiger partial charge is 0.0594 e. The van der Waals surface area contributed by atoms with Gasteiger partial charge in [-0.15, -0.1) is 0 Å². The molecule has 234 valence electrons. The van der Waals surface area contributed by atoms with Crippen molar-refractivity contribution in [2.45, 2.75) is 25.3 Å². The molecule has 7 aromatic carbocycles. The van der Waals surface area contributed by atoms with Crippen LogP contribution in [0.4, 0.5) is 11.4 Å². The Bertz CT molecular complexity index is 2560. The van der Waals surface area contributed by atoms with Gasteiger partial charge in [-0.25, -0.2) is 0 Å². The first-order valence-corrected chi connectivity index (χ1v) is 17.5. The molecule has 3 atom stereocenters. The van der Waals surface area contributed by atoms with Gasteiger partial charge in [0.2, 0.25) is 0 Å². The number of benzene rings is 7. The Morgan fingerprint density at radius 3 is 2.06 bits per heavy atom. The Kier molecular flexibility index (Phi) is 6.39. The molecule has 1 aliphatic heterocycles. The van der Waals surface area contributed by atoms with Crippen LogP contribution in [-0.4, -0.2) is 10.6 Å². The van der Waals surface area contributed by atoms with Crippen molar-refractivity contribution >= 4 is 44.0 Å². The fraction of sp³-hybridized carbons (Fsp3) is 0.106. The zero-order valence-electron chi connectivity index (χ0n) is 27.5. The molecule has 0 N–H and O–H groups in total. The van der Waals surface area contributed by atoms with Crippen molar-refractivity contribution in [3.8, 4) is 27.9 Å². The molecule has 10 rings (SSSR count). The molecule has 1 aromatic heterocycles. The average Bonchev–Trinajstić information content (AvgIpc) is 3.68. The summed E-state index contributed by atoms with van der Waals surface area (Å²) in [6.45, 7) is 2.42. The van der Waals surface area contributed by atoms with Crippen LogP contribution in [0.15, 0.2) is 170 Å². The van der Waals surface area contributed by atoms with Gasteiger partial charge in [-0.05, 0) is 106 Å². The van der Waals surface area contributed by atoms with Gasteiger partial charge in [0.15, 0.2) is 0 Å². The van der Waals surface area contributed by atoms with Gasteiger partial charge in [0.1, 0.15) is 0 Å². The Morgan fingerprint density at radius 2 is 1.18 bits per heavy atom. The lowest BCUT2D eigenvalue weighted by Crippen LogP contribution is -2.32. The molecule has 2 heterocycles. The quantitative estimate of drug-likeness (QED) is 0.176. The summed E-state index contributed by atoms with van der Waals surface area (Å²) in [6, 6.07) is 58.6. The SMILES string of the molecule is CC1CC=CC2C1c1cc(-c3ccc4c(c3)c3ccccc3n4-c3ccc4ccccc4c3)ccc1N2c1ccc(-c2ccccc2)cc1. The summed E-state index contributed by atoms with van der Waals surface area (Å²) in [5, 5.41) is 5.09. The van der Waals surface area contributed by atoms with Crippen LogP contribution in [0.5, 0.6) is 0 Å². The number of hydrogen-bond donors (Lipinski definition) is 0. The maximum Gasteiger partial charge on any atom is 0.0594 e. The maximum atomic E-state index is 2.57. The molecule has 0 bridgehead atoms. The van der Waals surface area contributed by atoms with Gasteiger partial charge < -0.3 is 9.47 Å². The molecule has 1 aliphatic carbocycles. The predicted octanol–water partition coefficient (Wildman–Crippen LogP) is 12.5. The summed E-state index contributed by atoms with van der Waals surface area (Å²) in [5.74, 6) is 1.02. The van der Waals surface area contributed by atoms with Crippen LogP contribution in [0.25, 0.3) is 60.5 Å². The van der Waals surface area contributed by atoms with Crippen molar-refractivity contribution in [1.29, 1.82) is 0 Å². The third kappa shape index (κ3) is 4.48. The second-order valence-corrected chi connectivity index (χ2v) is 13.8. The molecule has 0 fully saturated rings. The third-order valence-corrected chi connectivity index (χ3v) is 11.0. The highest BCUT2D eigenvalue weighted by Crippen LogP contribution is 2.52. The topological polar surface area (TPSA) is 8.17 Å². The fourth-order valence-electron chi connectivity index (χ4n) is 8.66. The van der Waals surface area contributed by atoms with Gasteiger partial charge in [-0.2, -0.15) is 0 Å². The van der Waals surface area contributed by atoms with E-state index in [9.17, 15) is 0 Å². The van der Waals surface area contributed by atoms with Gasteiger partial charge in [0.25, 0.3) is 0 Å². The third-order valence-electron chi connectivity index (χ3n) is 11.0. The van der Waals surface area contributed by atoms with Crippen molar-refractivity contribution in [3.05, 3.63) is 175 Å². The zero-order chi connectivity index (χ0) is 32.5. The molecule has 3 unspecified atom stereocenters. The first-order valence-electron chi connectivity index (χ1n) is 17.5. The van der Waals surface area contributed by atoms with Crippen LogP contribution in [0.3, 0.4) is 0 Å². The van der Waals surface area contributed by atoms with E-state index in [0.29, 0.717) is 17.9 Å². The maximum absolute atomic E-state index is 2.57. The van der Waals surface area contributed by atoms with Crippen molar-refractivity contribution in [3.63, 3.8) is 0 Å². The molecule has 0 spiro atoms. The largest absolute Gasteiger partial charge is 0.334 e. The van der Waals surface area contributed by atoms with Crippen LogP contribution >= 0.6 is 0 Å². The first kappa shape index (κ1) is 28.2. The lowest BCUT2D eigenvalue weighted by Gasteiger charge is -2.33. The van der Waals surface area contributed by atoms with E-state index in [1.165, 1.54) is 77.5 Å². The van der Waals surface area contributed by atoms with E-state index < -0.39 is 0 Å². The van der Waals surface area contributed by atoms with Crippen LogP contribution in [0, 0.1) is 5.92 Å². The van der Waals surface area contributed by atoms with Crippen LogP contribution in [0.2, 0.25) is 0 Å². The molecule has 0 amide bonds. The minimum atomic E-state index is 0.319. The van der Waals surface area contributed by atoms with Crippen molar-refractivity contribution < 1.29 is 0 Å².